The lowest BCUT2D eigenvalue weighted by Crippen LogP contribution is -2.81. The number of ketones is 1. The van der Waals surface area contributed by atoms with Crippen LogP contribution in [0.3, 0.4) is 0 Å². The van der Waals surface area contributed by atoms with Crippen molar-refractivity contribution in [3.63, 3.8) is 0 Å². The van der Waals surface area contributed by atoms with Crippen LogP contribution in [-0.4, -0.2) is 116 Å². The molecule has 2 amide bonds. The van der Waals surface area contributed by atoms with E-state index in [9.17, 15) is 44.4 Å². The highest BCUT2D eigenvalue weighted by molar-refractivity contribution is 5.94. The smallest absolute Gasteiger partial charge is 0.338 e. The van der Waals surface area contributed by atoms with Crippen LogP contribution in [0.15, 0.2) is 41.5 Å². The molecule has 5 rings (SSSR count). The Kier molecular flexibility index (Phi) is 11.2. The predicted octanol–water partition coefficient (Wildman–Crippen LogP) is 2.51. The molecule has 0 unspecified atom stereocenters. The Balaban J connectivity index is 1.67. The summed E-state index contributed by atoms with van der Waals surface area (Å²) in [4.78, 5) is 68.7. The highest BCUT2D eigenvalue weighted by Gasteiger charge is 2.78. The number of urea groups is 1. The van der Waals surface area contributed by atoms with E-state index in [-0.39, 0.29) is 29.7 Å². The number of aliphatic hydroxyl groups is 4. The van der Waals surface area contributed by atoms with Crippen molar-refractivity contribution in [1.82, 2.24) is 10.6 Å². The van der Waals surface area contributed by atoms with Crippen molar-refractivity contribution >= 4 is 29.7 Å². The standard InChI is InChI=1S/C41H58N2O13/c1-20-23(54-34(50)28(47)30(36(3,4)5)42-35(51)43-37(6,7)8)18-41(52)32(55-33(49)22-15-13-12-14-16-22)29-39(11,31(48)27(46)26(20)38(41,9)10)24(45)17-25-40(29,19-53-25)56-21(2)44/h12-16,23-25,27-30,32,45-47,52H,17-19H2,1-11H3,(H2,42,43,51)/t23-,24-,25+,27+,28+,29-,30+,32-,39+,40-,41+/m0/s1. The molecule has 15 nitrogen and oxygen atoms in total. The fourth-order valence-corrected chi connectivity index (χ4v) is 9.41. The normalized spacial score (nSPS) is 34.9. The number of fused-ring (bicyclic) bond motifs is 5. The van der Waals surface area contributed by atoms with Gasteiger partial charge >= 0.3 is 23.9 Å². The number of hydrogen-bond donors (Lipinski definition) is 6. The molecule has 6 N–H and O–H groups in total. The number of benzene rings is 1. The average Bonchev–Trinajstić information content (AvgIpc) is 3.07. The van der Waals surface area contributed by atoms with E-state index in [0.29, 0.717) is 0 Å². The van der Waals surface area contributed by atoms with E-state index >= 15 is 0 Å². The zero-order valence-electron chi connectivity index (χ0n) is 34.1. The van der Waals surface area contributed by atoms with Crippen LogP contribution in [0.5, 0.6) is 0 Å². The molecule has 1 aliphatic heterocycles. The largest absolute Gasteiger partial charge is 0.456 e. The highest BCUT2D eigenvalue weighted by atomic mass is 16.6. The average molecular weight is 787 g/mol. The third-order valence-corrected chi connectivity index (χ3v) is 12.4. The minimum atomic E-state index is -2.32. The summed E-state index contributed by atoms with van der Waals surface area (Å²) in [6.07, 6.45) is -10.3. The summed E-state index contributed by atoms with van der Waals surface area (Å²) >= 11 is 0. The third-order valence-electron chi connectivity index (χ3n) is 12.4. The molecule has 3 fully saturated rings. The lowest BCUT2D eigenvalue weighted by molar-refractivity contribution is -0.346. The molecular weight excluding hydrogens is 728 g/mol. The number of nitrogens with one attached hydrogen (secondary N) is 2. The first-order valence-corrected chi connectivity index (χ1v) is 19.0. The Morgan fingerprint density at radius 3 is 2.11 bits per heavy atom. The zero-order valence-corrected chi connectivity index (χ0v) is 34.1. The molecule has 0 aromatic heterocycles. The molecule has 0 radical (unpaired) electrons. The number of carbonyl (C=O) groups excluding carboxylic acids is 5. The maximum absolute atomic E-state index is 14.9. The number of Topliss-reactive ketones (excluding diaryl/α,β-unsaturated/α-hetero) is 1. The van der Waals surface area contributed by atoms with E-state index in [0.717, 1.165) is 6.92 Å². The lowest BCUT2D eigenvalue weighted by Gasteiger charge is -2.67. The first-order chi connectivity index (χ1) is 25.6. The second-order valence-electron chi connectivity index (χ2n) is 18.7. The van der Waals surface area contributed by atoms with E-state index < -0.39 is 118 Å². The summed E-state index contributed by atoms with van der Waals surface area (Å²) < 4.78 is 24.1. The van der Waals surface area contributed by atoms with Gasteiger partial charge < -0.3 is 50.0 Å². The Hall–Kier alpha value is -3.89. The van der Waals surface area contributed by atoms with Crippen molar-refractivity contribution in [1.29, 1.82) is 0 Å². The molecule has 1 aromatic rings. The van der Waals surface area contributed by atoms with Crippen molar-refractivity contribution in [3.05, 3.63) is 47.0 Å². The monoisotopic (exact) mass is 786 g/mol. The quantitative estimate of drug-likeness (QED) is 0.133. The molecule has 1 saturated heterocycles. The van der Waals surface area contributed by atoms with Gasteiger partial charge in [-0.15, -0.1) is 0 Å². The Bertz CT molecular complexity index is 1780. The first kappa shape index (κ1) is 43.2. The molecule has 3 aliphatic carbocycles. The van der Waals surface area contributed by atoms with Crippen LogP contribution < -0.4 is 10.6 Å². The summed E-state index contributed by atoms with van der Waals surface area (Å²) in [6.45, 7) is 17.3. The Labute approximate surface area is 327 Å². The molecule has 11 atom stereocenters. The van der Waals surface area contributed by atoms with Crippen molar-refractivity contribution in [2.24, 2.45) is 22.2 Å². The molecule has 2 saturated carbocycles. The molecule has 15 heteroatoms. The van der Waals surface area contributed by atoms with Gasteiger partial charge in [-0.2, -0.15) is 0 Å². The van der Waals surface area contributed by atoms with Crippen LogP contribution in [0.25, 0.3) is 0 Å². The maximum Gasteiger partial charge on any atom is 0.338 e. The third kappa shape index (κ3) is 7.14. The molecule has 2 bridgehead atoms. The minimum Gasteiger partial charge on any atom is -0.456 e. The van der Waals surface area contributed by atoms with Gasteiger partial charge in [0, 0.05) is 30.7 Å². The molecule has 1 aromatic carbocycles. The molecule has 4 aliphatic rings. The van der Waals surface area contributed by atoms with Crippen molar-refractivity contribution < 1.29 is 63.3 Å². The van der Waals surface area contributed by atoms with E-state index in [1.807, 2.05) is 0 Å². The minimum absolute atomic E-state index is 0.0419. The highest BCUT2D eigenvalue weighted by Crippen LogP contribution is 2.64. The number of amides is 2. The van der Waals surface area contributed by atoms with Gasteiger partial charge in [0.1, 0.15) is 30.0 Å². The van der Waals surface area contributed by atoms with Crippen molar-refractivity contribution in [2.75, 3.05) is 6.61 Å². The second-order valence-corrected chi connectivity index (χ2v) is 18.7. The van der Waals surface area contributed by atoms with E-state index in [1.54, 1.807) is 73.6 Å². The van der Waals surface area contributed by atoms with Crippen LogP contribution in [-0.2, 0) is 33.3 Å². The van der Waals surface area contributed by atoms with Gasteiger partial charge in [0.2, 0.25) is 0 Å². The Morgan fingerprint density at radius 1 is 0.982 bits per heavy atom. The lowest BCUT2D eigenvalue weighted by atomic mass is 9.44. The van der Waals surface area contributed by atoms with Gasteiger partial charge in [-0.3, -0.25) is 9.59 Å². The van der Waals surface area contributed by atoms with Crippen LogP contribution in [0.2, 0.25) is 0 Å². The number of rotatable bonds is 7. The van der Waals surface area contributed by atoms with Crippen LogP contribution in [0, 0.1) is 22.2 Å². The van der Waals surface area contributed by atoms with E-state index in [1.165, 1.54) is 26.0 Å². The van der Waals surface area contributed by atoms with Gasteiger partial charge in [0.25, 0.3) is 0 Å². The maximum atomic E-state index is 14.9. The topological polar surface area (TPSA) is 227 Å². The molecule has 1 heterocycles. The number of esters is 3. The van der Waals surface area contributed by atoms with Gasteiger partial charge in [0.05, 0.1) is 35.6 Å². The number of carbonyl (C=O) groups is 5. The summed E-state index contributed by atoms with van der Waals surface area (Å²) in [6, 6.07) is 6.08. The van der Waals surface area contributed by atoms with Crippen LogP contribution in [0.4, 0.5) is 4.79 Å². The zero-order chi connectivity index (χ0) is 42.1. The van der Waals surface area contributed by atoms with Gasteiger partial charge in [0.15, 0.2) is 17.5 Å². The van der Waals surface area contributed by atoms with Crippen molar-refractivity contribution in [3.8, 4) is 0 Å². The van der Waals surface area contributed by atoms with Crippen molar-refractivity contribution in [2.45, 2.75) is 148 Å². The fraction of sp³-hybridized carbons (Fsp3) is 0.683. The number of aliphatic hydroxyl groups excluding tert-OH is 3. The van der Waals surface area contributed by atoms with E-state index in [4.69, 9.17) is 18.9 Å². The summed E-state index contributed by atoms with van der Waals surface area (Å²) in [5.74, 6) is -5.24. The Morgan fingerprint density at radius 2 is 1.59 bits per heavy atom. The molecule has 310 valence electrons. The predicted molar refractivity (Wildman–Crippen MR) is 200 cm³/mol. The van der Waals surface area contributed by atoms with E-state index in [2.05, 4.69) is 10.6 Å². The van der Waals surface area contributed by atoms with Gasteiger partial charge in [-0.05, 0) is 63.3 Å². The van der Waals surface area contributed by atoms with Gasteiger partial charge in [-0.1, -0.05) is 52.8 Å². The molecule has 0 spiro atoms. The first-order valence-electron chi connectivity index (χ1n) is 19.0. The summed E-state index contributed by atoms with van der Waals surface area (Å²) in [7, 11) is 0. The summed E-state index contributed by atoms with van der Waals surface area (Å²) in [5, 5.41) is 54.2. The van der Waals surface area contributed by atoms with Gasteiger partial charge in [-0.25, -0.2) is 14.4 Å². The molecule has 56 heavy (non-hydrogen) atoms. The summed E-state index contributed by atoms with van der Waals surface area (Å²) in [5.41, 5.74) is -8.92. The van der Waals surface area contributed by atoms with Crippen LogP contribution in [0.1, 0.15) is 99.4 Å². The molecular formula is C41H58N2O13. The SMILES string of the molecule is CC(=O)O[C@@]12CO[C@@H]1C[C@H](O)[C@@]1(C)C(=O)[C@H](O)C3=C(C)[C@@H](OC(=O)[C@H](O)[C@@H](NC(=O)NC(C)(C)C)C(C)(C)C)C[C@@](O)([C@@H](OC(=O)c4ccccc4)[C@H]21)C3(C)C. The number of ether oxygens (including phenoxy) is 4. The second kappa shape index (κ2) is 14.5. The number of hydrogen-bond acceptors (Lipinski definition) is 13. The van der Waals surface area contributed by atoms with Crippen LogP contribution >= 0.6 is 0 Å². The fourth-order valence-electron chi connectivity index (χ4n) is 9.41.